The molecule has 2 rings (SSSR count). The van der Waals surface area contributed by atoms with Crippen molar-refractivity contribution in [2.24, 2.45) is 0 Å². The number of likely N-dealkylation sites (N-methyl/N-ethyl adjacent to an activating group) is 1. The molecule has 1 aliphatic carbocycles. The van der Waals surface area contributed by atoms with Crippen LogP contribution >= 0.6 is 12.2 Å². The van der Waals surface area contributed by atoms with Crippen molar-refractivity contribution in [3.8, 4) is 0 Å². The standard InChI is InChI=1S/C15H23N3S/c1-18(14-9-5-6-10-14)12-11-16-15(19)17-13-7-3-2-4-8-13/h2-4,7-8,14H,5-6,9-12H2,1H3,(H2,16,17,19). The summed E-state index contributed by atoms with van der Waals surface area (Å²) in [5.41, 5.74) is 1.03. The van der Waals surface area contributed by atoms with E-state index in [9.17, 15) is 0 Å². The lowest BCUT2D eigenvalue weighted by Gasteiger charge is -2.24. The number of hydrogen-bond acceptors (Lipinski definition) is 2. The highest BCUT2D eigenvalue weighted by atomic mass is 32.1. The zero-order valence-corrected chi connectivity index (χ0v) is 12.4. The Hall–Kier alpha value is -1.13. The number of hydrogen-bond donors (Lipinski definition) is 2. The van der Waals surface area contributed by atoms with Crippen LogP contribution in [-0.4, -0.2) is 36.2 Å². The summed E-state index contributed by atoms with van der Waals surface area (Å²) < 4.78 is 0. The van der Waals surface area contributed by atoms with Gasteiger partial charge in [0.25, 0.3) is 0 Å². The van der Waals surface area contributed by atoms with E-state index >= 15 is 0 Å². The molecule has 104 valence electrons. The quantitative estimate of drug-likeness (QED) is 0.809. The Labute approximate surface area is 121 Å². The Morgan fingerprint density at radius 1 is 1.26 bits per heavy atom. The van der Waals surface area contributed by atoms with Gasteiger partial charge in [-0.25, -0.2) is 0 Å². The number of rotatable bonds is 5. The van der Waals surface area contributed by atoms with Crippen molar-refractivity contribution < 1.29 is 0 Å². The summed E-state index contributed by atoms with van der Waals surface area (Å²) in [5, 5.41) is 7.15. The minimum atomic E-state index is 0.700. The van der Waals surface area contributed by atoms with E-state index in [1.807, 2.05) is 30.3 Å². The third-order valence-corrected chi connectivity index (χ3v) is 3.98. The molecule has 1 saturated carbocycles. The van der Waals surface area contributed by atoms with E-state index in [0.717, 1.165) is 24.8 Å². The van der Waals surface area contributed by atoms with E-state index in [0.29, 0.717) is 5.11 Å². The predicted molar refractivity (Wildman–Crippen MR) is 85.6 cm³/mol. The van der Waals surface area contributed by atoms with Gasteiger partial charge in [-0.15, -0.1) is 0 Å². The maximum absolute atomic E-state index is 5.28. The maximum Gasteiger partial charge on any atom is 0.170 e. The van der Waals surface area contributed by atoms with E-state index in [1.54, 1.807) is 0 Å². The Morgan fingerprint density at radius 3 is 2.63 bits per heavy atom. The zero-order valence-electron chi connectivity index (χ0n) is 11.6. The van der Waals surface area contributed by atoms with Crippen molar-refractivity contribution >= 4 is 23.0 Å². The highest BCUT2D eigenvalue weighted by Gasteiger charge is 2.18. The van der Waals surface area contributed by atoms with Crippen molar-refractivity contribution in [1.29, 1.82) is 0 Å². The fourth-order valence-electron chi connectivity index (χ4n) is 2.57. The summed E-state index contributed by atoms with van der Waals surface area (Å²) in [6.45, 7) is 1.94. The molecule has 19 heavy (non-hydrogen) atoms. The summed E-state index contributed by atoms with van der Waals surface area (Å²) in [7, 11) is 2.21. The Bertz CT molecular complexity index is 388. The molecular weight excluding hydrogens is 254 g/mol. The molecular formula is C15H23N3S. The van der Waals surface area contributed by atoms with E-state index < -0.39 is 0 Å². The predicted octanol–water partition coefficient (Wildman–Crippen LogP) is 2.85. The minimum Gasteiger partial charge on any atom is -0.361 e. The topological polar surface area (TPSA) is 27.3 Å². The number of anilines is 1. The molecule has 0 atom stereocenters. The normalized spacial score (nSPS) is 15.7. The highest BCUT2D eigenvalue weighted by molar-refractivity contribution is 7.80. The van der Waals surface area contributed by atoms with Gasteiger partial charge < -0.3 is 15.5 Å². The van der Waals surface area contributed by atoms with E-state index in [4.69, 9.17) is 12.2 Å². The van der Waals surface area contributed by atoms with E-state index in [-0.39, 0.29) is 0 Å². The Balaban J connectivity index is 1.63. The molecule has 4 heteroatoms. The monoisotopic (exact) mass is 277 g/mol. The average molecular weight is 277 g/mol. The molecule has 0 unspecified atom stereocenters. The number of nitrogens with one attached hydrogen (secondary N) is 2. The van der Waals surface area contributed by atoms with Gasteiger partial charge in [0, 0.05) is 24.8 Å². The lowest BCUT2D eigenvalue weighted by molar-refractivity contribution is 0.249. The van der Waals surface area contributed by atoms with E-state index in [1.165, 1.54) is 25.7 Å². The molecule has 1 fully saturated rings. The smallest absolute Gasteiger partial charge is 0.170 e. The van der Waals surface area contributed by atoms with Crippen LogP contribution in [0.2, 0.25) is 0 Å². The lowest BCUT2D eigenvalue weighted by atomic mass is 10.2. The van der Waals surface area contributed by atoms with Crippen molar-refractivity contribution in [2.45, 2.75) is 31.7 Å². The first kappa shape index (κ1) is 14.3. The maximum atomic E-state index is 5.28. The molecule has 0 saturated heterocycles. The second kappa shape index (κ2) is 7.46. The van der Waals surface area contributed by atoms with Crippen LogP contribution in [0.1, 0.15) is 25.7 Å². The van der Waals surface area contributed by atoms with Crippen molar-refractivity contribution in [3.05, 3.63) is 30.3 Å². The third kappa shape index (κ3) is 4.80. The first-order chi connectivity index (χ1) is 9.25. The van der Waals surface area contributed by atoms with Gasteiger partial charge in [-0.05, 0) is 44.2 Å². The molecule has 1 aliphatic rings. The molecule has 0 radical (unpaired) electrons. The SMILES string of the molecule is CN(CCNC(=S)Nc1ccccc1)C1CCCC1. The summed E-state index contributed by atoms with van der Waals surface area (Å²) in [6.07, 6.45) is 5.47. The molecule has 3 nitrogen and oxygen atoms in total. The van der Waals surface area contributed by atoms with E-state index in [2.05, 4.69) is 22.6 Å². The fourth-order valence-corrected chi connectivity index (χ4v) is 2.79. The molecule has 0 bridgehead atoms. The van der Waals surface area contributed by atoms with Gasteiger partial charge in [-0.1, -0.05) is 31.0 Å². The summed E-state index contributed by atoms with van der Waals surface area (Å²) in [6, 6.07) is 10.8. The van der Waals surface area contributed by atoms with Gasteiger partial charge in [-0.3, -0.25) is 0 Å². The first-order valence-corrected chi connectivity index (χ1v) is 7.46. The van der Waals surface area contributed by atoms with Crippen LogP contribution in [0, 0.1) is 0 Å². The number of benzene rings is 1. The Kier molecular flexibility index (Phi) is 5.61. The van der Waals surface area contributed by atoms with Gasteiger partial charge in [-0.2, -0.15) is 0 Å². The van der Waals surface area contributed by atoms with Gasteiger partial charge >= 0.3 is 0 Å². The summed E-state index contributed by atoms with van der Waals surface area (Å²) in [5.74, 6) is 0. The minimum absolute atomic E-state index is 0.700. The molecule has 1 aromatic carbocycles. The van der Waals surface area contributed by atoms with Crippen LogP contribution in [0.5, 0.6) is 0 Å². The van der Waals surface area contributed by atoms with Crippen LogP contribution in [0.4, 0.5) is 5.69 Å². The first-order valence-electron chi connectivity index (χ1n) is 7.06. The molecule has 0 aromatic heterocycles. The van der Waals surface area contributed by atoms with Gasteiger partial charge in [0.2, 0.25) is 0 Å². The van der Waals surface area contributed by atoms with Gasteiger partial charge in [0.05, 0.1) is 0 Å². The largest absolute Gasteiger partial charge is 0.361 e. The van der Waals surface area contributed by atoms with Gasteiger partial charge in [0.15, 0.2) is 5.11 Å². The van der Waals surface area contributed by atoms with Crippen LogP contribution in [0.25, 0.3) is 0 Å². The number of thiocarbonyl (C=S) groups is 1. The Morgan fingerprint density at radius 2 is 1.95 bits per heavy atom. The van der Waals surface area contributed by atoms with Gasteiger partial charge in [0.1, 0.15) is 0 Å². The third-order valence-electron chi connectivity index (χ3n) is 3.73. The van der Waals surface area contributed by atoms with Crippen LogP contribution in [-0.2, 0) is 0 Å². The molecule has 2 N–H and O–H groups in total. The van der Waals surface area contributed by atoms with Crippen LogP contribution < -0.4 is 10.6 Å². The van der Waals surface area contributed by atoms with Crippen molar-refractivity contribution in [3.63, 3.8) is 0 Å². The molecule has 0 heterocycles. The molecule has 0 spiro atoms. The summed E-state index contributed by atoms with van der Waals surface area (Å²) >= 11 is 5.28. The van der Waals surface area contributed by atoms with Crippen molar-refractivity contribution in [1.82, 2.24) is 10.2 Å². The fraction of sp³-hybridized carbons (Fsp3) is 0.533. The molecule has 1 aromatic rings. The highest BCUT2D eigenvalue weighted by Crippen LogP contribution is 2.21. The summed E-state index contributed by atoms with van der Waals surface area (Å²) in [4.78, 5) is 2.45. The average Bonchev–Trinajstić information content (AvgIpc) is 2.93. The van der Waals surface area contributed by atoms with Crippen LogP contribution in [0.15, 0.2) is 30.3 Å². The lowest BCUT2D eigenvalue weighted by Crippen LogP contribution is -2.38. The molecule has 0 aliphatic heterocycles. The zero-order chi connectivity index (χ0) is 13.5. The second-order valence-electron chi connectivity index (χ2n) is 5.17. The van der Waals surface area contributed by atoms with Crippen LogP contribution in [0.3, 0.4) is 0 Å². The van der Waals surface area contributed by atoms with Crippen molar-refractivity contribution in [2.75, 3.05) is 25.5 Å². The number of nitrogens with zero attached hydrogens (tertiary/aromatic N) is 1. The molecule has 0 amide bonds. The second-order valence-corrected chi connectivity index (χ2v) is 5.57. The number of para-hydroxylation sites is 1.